The summed E-state index contributed by atoms with van der Waals surface area (Å²) in [5.41, 5.74) is 0. The van der Waals surface area contributed by atoms with Crippen LogP contribution in [0.1, 0.15) is 155 Å². The number of carbonyl (C=O) groups excluding carboxylic acids is 2. The molecule has 0 aliphatic heterocycles. The molecule has 6 N–H and O–H groups in total. The van der Waals surface area contributed by atoms with Crippen LogP contribution in [0.4, 0.5) is 0 Å². The van der Waals surface area contributed by atoms with Gasteiger partial charge in [-0.05, 0) is 83.5 Å². The van der Waals surface area contributed by atoms with Crippen LogP contribution in [0.3, 0.4) is 0 Å². The molecule has 1 aliphatic rings. The molecule has 61 heavy (non-hydrogen) atoms. The first-order chi connectivity index (χ1) is 29.4. The van der Waals surface area contributed by atoms with Crippen LogP contribution in [0.5, 0.6) is 0 Å². The minimum atomic E-state index is -5.13. The molecule has 1 fully saturated rings. The fourth-order valence-corrected chi connectivity index (χ4v) is 7.34. The first-order valence-electron chi connectivity index (χ1n) is 22.7. The van der Waals surface area contributed by atoms with Gasteiger partial charge in [-0.2, -0.15) is 0 Å². The van der Waals surface area contributed by atoms with Gasteiger partial charge in [0.1, 0.15) is 43.2 Å². The highest BCUT2D eigenvalue weighted by molar-refractivity contribution is 7.47. The summed E-state index contributed by atoms with van der Waals surface area (Å²) in [6.45, 7) is 3.11. The molecule has 350 valence electrons. The number of esters is 2. The van der Waals surface area contributed by atoms with Gasteiger partial charge in [0.2, 0.25) is 0 Å². The smallest absolute Gasteiger partial charge is 0.462 e. The standard InChI is InChI=1S/C47H79O13P/c1-3-5-7-9-11-13-15-17-19-20-22-24-26-28-30-32-34-36-41(49)59-39(38-58-61(55,56)60-47-45(53)43(51)42(50)44(52)46(47)54)37-57-40(48)35-33-31-29-27-25-23-21-18-16-14-12-10-8-6-4-2/h6,8,11-14,17-19,21-22,24,39,42-47,50-54H,3-5,7,9-10,15-16,20,23,25-38H2,1-2H3,(H,55,56)/b8-6+,13-11+,14-12+,19-17+,21-18+,24-22+/t39-,42?,43+,44?,45?,46?,47?/m1/s1. The van der Waals surface area contributed by atoms with Crippen molar-refractivity contribution in [1.29, 1.82) is 0 Å². The van der Waals surface area contributed by atoms with Crippen LogP contribution in [0, 0.1) is 0 Å². The average molecular weight is 883 g/mol. The summed E-state index contributed by atoms with van der Waals surface area (Å²) in [6.07, 6.45) is 32.4. The highest BCUT2D eigenvalue weighted by Crippen LogP contribution is 2.47. The van der Waals surface area contributed by atoms with Gasteiger partial charge in [0.15, 0.2) is 6.10 Å². The summed E-state index contributed by atoms with van der Waals surface area (Å²) >= 11 is 0. The van der Waals surface area contributed by atoms with Gasteiger partial charge in [-0.15, -0.1) is 0 Å². The van der Waals surface area contributed by atoms with E-state index in [1.54, 1.807) is 0 Å². The van der Waals surface area contributed by atoms with Gasteiger partial charge in [-0.3, -0.25) is 18.6 Å². The van der Waals surface area contributed by atoms with Crippen molar-refractivity contribution >= 4 is 19.8 Å². The number of unbranched alkanes of at least 4 members (excludes halogenated alkanes) is 12. The molecule has 0 aromatic carbocycles. The molecule has 0 aromatic rings. The molecule has 0 amide bonds. The van der Waals surface area contributed by atoms with E-state index in [4.69, 9.17) is 18.5 Å². The van der Waals surface area contributed by atoms with Crippen LogP contribution < -0.4 is 0 Å². The molecular formula is C47H79O13P. The molecule has 0 bridgehead atoms. The average Bonchev–Trinajstić information content (AvgIpc) is 3.24. The normalized spacial score (nSPS) is 22.7. The quantitative estimate of drug-likeness (QED) is 0.0151. The lowest BCUT2D eigenvalue weighted by molar-refractivity contribution is -0.220. The van der Waals surface area contributed by atoms with Crippen molar-refractivity contribution in [2.45, 2.75) is 198 Å². The molecule has 1 saturated carbocycles. The molecule has 1 aliphatic carbocycles. The topological polar surface area (TPSA) is 210 Å². The van der Waals surface area contributed by atoms with Crippen molar-refractivity contribution in [2.24, 2.45) is 0 Å². The lowest BCUT2D eigenvalue weighted by Gasteiger charge is -2.41. The third-order valence-corrected chi connectivity index (χ3v) is 11.0. The van der Waals surface area contributed by atoms with Gasteiger partial charge in [0.25, 0.3) is 0 Å². The molecule has 0 radical (unpaired) electrons. The second-order valence-corrected chi connectivity index (χ2v) is 16.9. The third-order valence-electron chi connectivity index (χ3n) is 10.0. The van der Waals surface area contributed by atoms with Crippen molar-refractivity contribution in [1.82, 2.24) is 0 Å². The van der Waals surface area contributed by atoms with Crippen molar-refractivity contribution in [3.8, 4) is 0 Å². The van der Waals surface area contributed by atoms with E-state index in [1.807, 2.05) is 0 Å². The summed E-state index contributed by atoms with van der Waals surface area (Å²) in [5, 5.41) is 50.1. The number of hydrogen-bond donors (Lipinski definition) is 6. The van der Waals surface area contributed by atoms with Gasteiger partial charge in [0.05, 0.1) is 6.61 Å². The lowest BCUT2D eigenvalue weighted by atomic mass is 9.85. The van der Waals surface area contributed by atoms with Crippen molar-refractivity contribution in [2.75, 3.05) is 13.2 Å². The second-order valence-electron chi connectivity index (χ2n) is 15.5. The molecule has 14 heteroatoms. The maximum absolute atomic E-state index is 12.8. The molecule has 1 rings (SSSR count). The Morgan fingerprint density at radius 2 is 0.934 bits per heavy atom. The molecule has 0 spiro atoms. The Balaban J connectivity index is 2.51. The summed E-state index contributed by atoms with van der Waals surface area (Å²) in [7, 11) is -5.13. The monoisotopic (exact) mass is 883 g/mol. The Kier molecular flexibility index (Phi) is 33.9. The van der Waals surface area contributed by atoms with Crippen LogP contribution >= 0.6 is 7.82 Å². The number of ether oxygens (including phenoxy) is 2. The Labute approximate surface area is 365 Å². The predicted octanol–water partition coefficient (Wildman–Crippen LogP) is 8.72. The number of allylic oxidation sites excluding steroid dienone is 12. The number of phosphoric ester groups is 1. The van der Waals surface area contributed by atoms with Gasteiger partial charge >= 0.3 is 19.8 Å². The molecular weight excluding hydrogens is 803 g/mol. The van der Waals surface area contributed by atoms with E-state index < -0.39 is 75.7 Å². The Bertz CT molecular complexity index is 1340. The van der Waals surface area contributed by atoms with Crippen LogP contribution in [0.25, 0.3) is 0 Å². The Morgan fingerprint density at radius 3 is 1.43 bits per heavy atom. The second kappa shape index (κ2) is 36.7. The van der Waals surface area contributed by atoms with E-state index in [0.29, 0.717) is 12.8 Å². The molecule has 8 atom stereocenters. The summed E-state index contributed by atoms with van der Waals surface area (Å²) in [5.74, 6) is -1.15. The Morgan fingerprint density at radius 1 is 0.525 bits per heavy atom. The first kappa shape index (κ1) is 56.3. The van der Waals surface area contributed by atoms with E-state index in [2.05, 4.69) is 86.8 Å². The van der Waals surface area contributed by atoms with E-state index >= 15 is 0 Å². The minimum absolute atomic E-state index is 0.0633. The highest BCUT2D eigenvalue weighted by atomic mass is 31.2. The van der Waals surface area contributed by atoms with Gasteiger partial charge < -0.3 is 39.9 Å². The van der Waals surface area contributed by atoms with Crippen LogP contribution in [0.2, 0.25) is 0 Å². The van der Waals surface area contributed by atoms with Gasteiger partial charge in [0, 0.05) is 12.8 Å². The highest BCUT2D eigenvalue weighted by Gasteiger charge is 2.51. The number of hydrogen-bond acceptors (Lipinski definition) is 12. The van der Waals surface area contributed by atoms with Crippen molar-refractivity contribution < 1.29 is 63.1 Å². The zero-order valence-electron chi connectivity index (χ0n) is 36.9. The number of aliphatic hydroxyl groups is 5. The largest absolute Gasteiger partial charge is 0.472 e. The number of carbonyl (C=O) groups is 2. The van der Waals surface area contributed by atoms with Crippen LogP contribution in [0.15, 0.2) is 72.9 Å². The SMILES string of the molecule is CC/C=C/C/C=C/C/C=C/CCCCCCCC(=O)OC[C@H](COP(=O)(O)OC1C(O)C(O)C(O)[C@H](O)C1O)OC(=O)CCCCCC/C=C/C/C=C/C/C=C/CCCCC. The molecule has 0 aromatic heterocycles. The van der Waals surface area contributed by atoms with Crippen LogP contribution in [-0.4, -0.2) is 98.3 Å². The van der Waals surface area contributed by atoms with E-state index in [0.717, 1.165) is 96.3 Å². The fourth-order valence-electron chi connectivity index (χ4n) is 6.37. The molecule has 6 unspecified atom stereocenters. The van der Waals surface area contributed by atoms with E-state index in [1.165, 1.54) is 19.3 Å². The van der Waals surface area contributed by atoms with Crippen LogP contribution in [-0.2, 0) is 32.7 Å². The number of rotatable bonds is 36. The fraction of sp³-hybridized carbons (Fsp3) is 0.702. The predicted molar refractivity (Wildman–Crippen MR) is 239 cm³/mol. The number of aliphatic hydroxyl groups excluding tert-OH is 5. The zero-order valence-corrected chi connectivity index (χ0v) is 37.8. The van der Waals surface area contributed by atoms with Gasteiger partial charge in [-0.25, -0.2) is 4.57 Å². The van der Waals surface area contributed by atoms with E-state index in [9.17, 15) is 44.6 Å². The summed E-state index contributed by atoms with van der Waals surface area (Å²) in [6, 6.07) is 0. The lowest BCUT2D eigenvalue weighted by Crippen LogP contribution is -2.64. The molecule has 13 nitrogen and oxygen atoms in total. The van der Waals surface area contributed by atoms with E-state index in [-0.39, 0.29) is 12.8 Å². The Hall–Kier alpha value is -2.71. The third kappa shape index (κ3) is 29.3. The summed E-state index contributed by atoms with van der Waals surface area (Å²) in [4.78, 5) is 35.7. The zero-order chi connectivity index (χ0) is 45.0. The maximum atomic E-state index is 12.8. The molecule has 0 heterocycles. The molecule has 0 saturated heterocycles. The minimum Gasteiger partial charge on any atom is -0.462 e. The summed E-state index contributed by atoms with van der Waals surface area (Å²) < 4.78 is 33.5. The number of phosphoric acid groups is 1. The van der Waals surface area contributed by atoms with Gasteiger partial charge in [-0.1, -0.05) is 132 Å². The van der Waals surface area contributed by atoms with Crippen molar-refractivity contribution in [3.05, 3.63) is 72.9 Å². The van der Waals surface area contributed by atoms with Crippen molar-refractivity contribution in [3.63, 3.8) is 0 Å². The maximum Gasteiger partial charge on any atom is 0.472 e. The first-order valence-corrected chi connectivity index (χ1v) is 24.2.